The second-order valence-electron chi connectivity index (χ2n) is 10.2. The first-order valence-corrected chi connectivity index (χ1v) is 11.2. The molecule has 7 heteroatoms. The lowest BCUT2D eigenvalue weighted by Gasteiger charge is -2.27. The van der Waals surface area contributed by atoms with Crippen LogP contribution in [-0.4, -0.2) is 47.7 Å². The fraction of sp³-hybridized carbons (Fsp3) is 0.560. The van der Waals surface area contributed by atoms with E-state index in [9.17, 15) is 14.4 Å². The molecule has 2 bridgehead atoms. The van der Waals surface area contributed by atoms with Crippen LogP contribution in [0.15, 0.2) is 30.4 Å². The Bertz CT molecular complexity index is 995. The first-order chi connectivity index (χ1) is 15.0. The van der Waals surface area contributed by atoms with Gasteiger partial charge in [-0.3, -0.25) is 14.4 Å². The minimum Gasteiger partial charge on any atom is -0.452 e. The molecular weight excluding hydrogens is 408 g/mol. The lowest BCUT2D eigenvalue weighted by atomic mass is 9.77. The van der Waals surface area contributed by atoms with Gasteiger partial charge in [0.25, 0.3) is 5.91 Å². The average Bonchev–Trinajstić information content (AvgIpc) is 3.33. The van der Waals surface area contributed by atoms with Gasteiger partial charge in [-0.05, 0) is 52.7 Å². The molecular formula is C25H32N2O5. The third-order valence-electron chi connectivity index (χ3n) is 6.44. The number of nitrogens with zero attached hydrogens (tertiary/aromatic N) is 1. The van der Waals surface area contributed by atoms with E-state index in [-0.39, 0.29) is 11.8 Å². The van der Waals surface area contributed by atoms with E-state index in [4.69, 9.17) is 9.47 Å². The Labute approximate surface area is 189 Å². The fourth-order valence-electron chi connectivity index (χ4n) is 5.07. The molecule has 3 heterocycles. The number of aryl methyl sites for hydroxylation is 2. The molecule has 172 valence electrons. The van der Waals surface area contributed by atoms with Gasteiger partial charge in [0.2, 0.25) is 5.91 Å². The Morgan fingerprint density at radius 2 is 2.03 bits per heavy atom. The monoisotopic (exact) mass is 440 g/mol. The van der Waals surface area contributed by atoms with E-state index in [1.54, 1.807) is 11.8 Å². The number of hydrogen-bond donors (Lipinski definition) is 1. The summed E-state index contributed by atoms with van der Waals surface area (Å²) >= 11 is 0. The molecule has 1 spiro atoms. The number of amides is 2. The number of carbonyl (C=O) groups excluding carboxylic acids is 3. The van der Waals surface area contributed by atoms with E-state index in [1.807, 2.05) is 65.0 Å². The van der Waals surface area contributed by atoms with Gasteiger partial charge in [-0.15, -0.1) is 0 Å². The van der Waals surface area contributed by atoms with Gasteiger partial charge in [-0.2, -0.15) is 0 Å². The van der Waals surface area contributed by atoms with Crippen molar-refractivity contribution < 1.29 is 23.9 Å². The second-order valence-corrected chi connectivity index (χ2v) is 10.2. The van der Waals surface area contributed by atoms with Crippen molar-refractivity contribution in [1.82, 2.24) is 5.32 Å². The zero-order valence-electron chi connectivity index (χ0n) is 19.6. The number of ether oxygens (including phenoxy) is 2. The normalized spacial score (nSPS) is 29.2. The summed E-state index contributed by atoms with van der Waals surface area (Å²) < 4.78 is 11.8. The minimum atomic E-state index is -0.910. The van der Waals surface area contributed by atoms with Crippen LogP contribution in [0.25, 0.3) is 0 Å². The standard InChI is InChI=1S/C25H32N2O5/c1-7-17(21(28)26-24(4,5)6)31-23(30)19-18-10-11-25(32-18)13-27(22(29)20(19)25)16-9-8-14(2)12-15(16)3/h8-12,17-20H,7,13H2,1-6H3,(H,26,28)/t17-,18-,19+,20-,25+/m0/s1. The maximum absolute atomic E-state index is 13.5. The Kier molecular flexibility index (Phi) is 5.44. The molecule has 2 saturated heterocycles. The maximum atomic E-state index is 13.5. The van der Waals surface area contributed by atoms with Crippen LogP contribution in [0.2, 0.25) is 0 Å². The third-order valence-corrected chi connectivity index (χ3v) is 6.44. The maximum Gasteiger partial charge on any atom is 0.313 e. The highest BCUT2D eigenvalue weighted by molar-refractivity contribution is 6.03. The molecule has 4 rings (SSSR count). The van der Waals surface area contributed by atoms with Crippen molar-refractivity contribution >= 4 is 23.5 Å². The van der Waals surface area contributed by atoms with E-state index < -0.39 is 41.2 Å². The van der Waals surface area contributed by atoms with E-state index >= 15 is 0 Å². The lowest BCUT2D eigenvalue weighted by Crippen LogP contribution is -2.48. The molecule has 1 aromatic carbocycles. The van der Waals surface area contributed by atoms with Crippen LogP contribution in [0.5, 0.6) is 0 Å². The van der Waals surface area contributed by atoms with Gasteiger partial charge in [0.05, 0.1) is 18.6 Å². The summed E-state index contributed by atoms with van der Waals surface area (Å²) in [5.41, 5.74) is 1.67. The topological polar surface area (TPSA) is 84.9 Å². The molecule has 2 fully saturated rings. The van der Waals surface area contributed by atoms with E-state index in [2.05, 4.69) is 5.32 Å². The first-order valence-electron chi connectivity index (χ1n) is 11.2. The first kappa shape index (κ1) is 22.5. The summed E-state index contributed by atoms with van der Waals surface area (Å²) in [6, 6.07) is 5.95. The number of carbonyl (C=O) groups is 3. The molecule has 0 unspecified atom stereocenters. The van der Waals surface area contributed by atoms with Crippen molar-refractivity contribution in [2.45, 2.75) is 71.3 Å². The van der Waals surface area contributed by atoms with Crippen molar-refractivity contribution in [3.8, 4) is 0 Å². The van der Waals surface area contributed by atoms with Crippen LogP contribution in [-0.2, 0) is 23.9 Å². The van der Waals surface area contributed by atoms with Gasteiger partial charge in [0, 0.05) is 11.2 Å². The molecule has 5 atom stereocenters. The van der Waals surface area contributed by atoms with Crippen molar-refractivity contribution in [2.24, 2.45) is 11.8 Å². The molecule has 0 aliphatic carbocycles. The van der Waals surface area contributed by atoms with Crippen molar-refractivity contribution in [2.75, 3.05) is 11.4 Å². The average molecular weight is 441 g/mol. The molecule has 0 radical (unpaired) electrons. The van der Waals surface area contributed by atoms with Gasteiger partial charge in [-0.25, -0.2) is 0 Å². The molecule has 7 nitrogen and oxygen atoms in total. The van der Waals surface area contributed by atoms with Crippen LogP contribution in [0, 0.1) is 25.7 Å². The zero-order chi connectivity index (χ0) is 23.4. The highest BCUT2D eigenvalue weighted by atomic mass is 16.6. The summed E-state index contributed by atoms with van der Waals surface area (Å²) in [4.78, 5) is 41.1. The number of rotatable bonds is 5. The van der Waals surface area contributed by atoms with Crippen LogP contribution in [0.4, 0.5) is 5.69 Å². The van der Waals surface area contributed by atoms with E-state index in [0.717, 1.165) is 16.8 Å². The molecule has 1 aromatic rings. The zero-order valence-corrected chi connectivity index (χ0v) is 19.6. The predicted octanol–water partition coefficient (Wildman–Crippen LogP) is 2.83. The summed E-state index contributed by atoms with van der Waals surface area (Å²) in [6.45, 7) is 11.8. The van der Waals surface area contributed by atoms with Crippen molar-refractivity contribution in [1.29, 1.82) is 0 Å². The molecule has 0 aromatic heterocycles. The van der Waals surface area contributed by atoms with Crippen LogP contribution in [0.3, 0.4) is 0 Å². The SMILES string of the molecule is CC[C@H](OC(=O)[C@@H]1[C@@H]2C=C[C@]3(CN(c4ccc(C)cc4C)C(=O)[C@H]13)O2)C(=O)NC(C)(C)C. The molecule has 32 heavy (non-hydrogen) atoms. The Hall–Kier alpha value is -2.67. The number of anilines is 1. The van der Waals surface area contributed by atoms with Crippen LogP contribution >= 0.6 is 0 Å². The number of hydrogen-bond acceptors (Lipinski definition) is 5. The predicted molar refractivity (Wildman–Crippen MR) is 120 cm³/mol. The van der Waals surface area contributed by atoms with Crippen LogP contribution < -0.4 is 10.2 Å². The minimum absolute atomic E-state index is 0.141. The van der Waals surface area contributed by atoms with Crippen LogP contribution in [0.1, 0.15) is 45.2 Å². The largest absolute Gasteiger partial charge is 0.452 e. The molecule has 0 saturated carbocycles. The Balaban J connectivity index is 1.56. The summed E-state index contributed by atoms with van der Waals surface area (Å²) in [5.74, 6) is -2.46. The van der Waals surface area contributed by atoms with Gasteiger partial charge in [0.15, 0.2) is 6.10 Å². The Morgan fingerprint density at radius 3 is 2.66 bits per heavy atom. The van der Waals surface area contributed by atoms with Gasteiger partial charge in [0.1, 0.15) is 11.5 Å². The molecule has 1 N–H and O–H groups in total. The van der Waals surface area contributed by atoms with E-state index in [0.29, 0.717) is 13.0 Å². The number of benzene rings is 1. The highest BCUT2D eigenvalue weighted by Gasteiger charge is 2.67. The summed E-state index contributed by atoms with van der Waals surface area (Å²) in [7, 11) is 0. The second kappa shape index (κ2) is 7.73. The molecule has 2 amide bonds. The summed E-state index contributed by atoms with van der Waals surface area (Å²) in [5, 5.41) is 2.86. The summed E-state index contributed by atoms with van der Waals surface area (Å²) in [6.07, 6.45) is 2.68. The number of nitrogens with one attached hydrogen (secondary N) is 1. The van der Waals surface area contributed by atoms with Gasteiger partial charge >= 0.3 is 5.97 Å². The Morgan fingerprint density at radius 1 is 1.31 bits per heavy atom. The quantitative estimate of drug-likeness (QED) is 0.562. The van der Waals surface area contributed by atoms with E-state index in [1.165, 1.54) is 0 Å². The molecule has 3 aliphatic rings. The number of esters is 1. The fourth-order valence-corrected chi connectivity index (χ4v) is 5.07. The smallest absolute Gasteiger partial charge is 0.313 e. The van der Waals surface area contributed by atoms with Gasteiger partial charge < -0.3 is 19.7 Å². The number of fused-ring (bicyclic) bond motifs is 1. The third kappa shape index (κ3) is 3.72. The highest BCUT2D eigenvalue weighted by Crippen LogP contribution is 2.53. The van der Waals surface area contributed by atoms with Crippen molar-refractivity contribution in [3.05, 3.63) is 41.5 Å². The molecule has 3 aliphatic heterocycles. The van der Waals surface area contributed by atoms with Gasteiger partial charge in [-0.1, -0.05) is 36.8 Å². The lowest BCUT2D eigenvalue weighted by molar-refractivity contribution is -0.163. The van der Waals surface area contributed by atoms with Crippen molar-refractivity contribution in [3.63, 3.8) is 0 Å².